The summed E-state index contributed by atoms with van der Waals surface area (Å²) < 4.78 is 0. The maximum Gasteiger partial charge on any atom is 0.229 e. The molecule has 0 unspecified atom stereocenters. The summed E-state index contributed by atoms with van der Waals surface area (Å²) in [5.74, 6) is -0.370. The Balaban J connectivity index is 1.72. The number of hydrogen-bond donors (Lipinski definition) is 2. The van der Waals surface area contributed by atoms with Gasteiger partial charge in [0.25, 0.3) is 0 Å². The van der Waals surface area contributed by atoms with Crippen LogP contribution in [0.4, 0.5) is 17.1 Å². The van der Waals surface area contributed by atoms with Gasteiger partial charge in [0.15, 0.2) is 0 Å². The summed E-state index contributed by atoms with van der Waals surface area (Å²) in [6.07, 6.45) is 0.567. The maximum absolute atomic E-state index is 12.9. The van der Waals surface area contributed by atoms with E-state index < -0.39 is 5.92 Å². The summed E-state index contributed by atoms with van der Waals surface area (Å²) >= 11 is 0. The third kappa shape index (κ3) is 4.70. The van der Waals surface area contributed by atoms with Crippen LogP contribution in [0.1, 0.15) is 50.7 Å². The van der Waals surface area contributed by atoms with E-state index >= 15 is 0 Å². The van der Waals surface area contributed by atoms with Crippen LogP contribution in [-0.4, -0.2) is 24.3 Å². The van der Waals surface area contributed by atoms with Gasteiger partial charge in [0.1, 0.15) is 0 Å². The summed E-state index contributed by atoms with van der Waals surface area (Å²) in [7, 11) is 0. The molecule has 0 bridgehead atoms. The molecular weight excluding hydrogens is 378 g/mol. The third-order valence-corrected chi connectivity index (χ3v) is 5.53. The second-order valence-electron chi connectivity index (χ2n) is 8.02. The van der Waals surface area contributed by atoms with Crippen LogP contribution in [0.25, 0.3) is 0 Å². The van der Waals surface area contributed by atoms with Gasteiger partial charge in [-0.05, 0) is 48.2 Å². The van der Waals surface area contributed by atoms with Crippen LogP contribution in [0.5, 0.6) is 0 Å². The van der Waals surface area contributed by atoms with Crippen molar-refractivity contribution in [3.05, 3.63) is 53.6 Å². The number of benzene rings is 2. The van der Waals surface area contributed by atoms with Gasteiger partial charge in [-0.2, -0.15) is 0 Å². The molecule has 2 aromatic rings. The van der Waals surface area contributed by atoms with Gasteiger partial charge < -0.3 is 15.5 Å². The average molecular weight is 408 g/mol. The lowest BCUT2D eigenvalue weighted by Gasteiger charge is -2.19. The molecule has 0 spiro atoms. The number of rotatable bonds is 6. The standard InChI is InChI=1S/C24H29N3O3/c1-5-22(28)25-20-10-7-11-21(16(20)4)26-24(30)18-13-23(29)27(14-18)19-9-6-8-17(12-19)15(2)3/h6-12,15,18H,5,13-14H2,1-4H3,(H,25,28)(H,26,30)/t18-/m1/s1. The molecule has 30 heavy (non-hydrogen) atoms. The predicted octanol–water partition coefficient (Wildman–Crippen LogP) is 4.46. The molecule has 2 aromatic carbocycles. The number of nitrogens with zero attached hydrogens (tertiary/aromatic N) is 1. The van der Waals surface area contributed by atoms with E-state index in [1.54, 1.807) is 30.0 Å². The second kappa shape index (κ2) is 9.11. The van der Waals surface area contributed by atoms with Crippen molar-refractivity contribution in [2.75, 3.05) is 22.1 Å². The Bertz CT molecular complexity index is 968. The van der Waals surface area contributed by atoms with E-state index in [4.69, 9.17) is 0 Å². The van der Waals surface area contributed by atoms with Gasteiger partial charge in [0, 0.05) is 36.4 Å². The zero-order chi connectivity index (χ0) is 21.8. The molecule has 1 heterocycles. The first-order valence-corrected chi connectivity index (χ1v) is 10.4. The van der Waals surface area contributed by atoms with E-state index in [1.165, 1.54) is 0 Å². The van der Waals surface area contributed by atoms with Crippen molar-refractivity contribution in [1.29, 1.82) is 0 Å². The normalized spacial score (nSPS) is 16.1. The largest absolute Gasteiger partial charge is 0.326 e. The summed E-state index contributed by atoms with van der Waals surface area (Å²) in [4.78, 5) is 38.9. The molecule has 2 N–H and O–H groups in total. The van der Waals surface area contributed by atoms with Crippen molar-refractivity contribution in [3.8, 4) is 0 Å². The molecule has 1 aliphatic rings. The highest BCUT2D eigenvalue weighted by Crippen LogP contribution is 2.29. The number of nitrogens with one attached hydrogen (secondary N) is 2. The molecule has 158 valence electrons. The minimum atomic E-state index is -0.423. The Kier molecular flexibility index (Phi) is 6.55. The van der Waals surface area contributed by atoms with Gasteiger partial charge in [-0.3, -0.25) is 14.4 Å². The number of amides is 3. The Morgan fingerprint density at radius 1 is 1.10 bits per heavy atom. The van der Waals surface area contributed by atoms with E-state index in [0.29, 0.717) is 30.3 Å². The van der Waals surface area contributed by atoms with Crippen molar-refractivity contribution in [3.63, 3.8) is 0 Å². The summed E-state index contributed by atoms with van der Waals surface area (Å²) in [5, 5.41) is 5.78. The topological polar surface area (TPSA) is 78.5 Å². The zero-order valence-electron chi connectivity index (χ0n) is 18.0. The maximum atomic E-state index is 12.9. The van der Waals surface area contributed by atoms with Gasteiger partial charge in [0.05, 0.1) is 5.92 Å². The van der Waals surface area contributed by atoms with Crippen molar-refractivity contribution in [1.82, 2.24) is 0 Å². The van der Waals surface area contributed by atoms with Crippen LogP contribution in [0, 0.1) is 12.8 Å². The van der Waals surface area contributed by atoms with Gasteiger partial charge in [-0.25, -0.2) is 0 Å². The van der Waals surface area contributed by atoms with Gasteiger partial charge in [-0.15, -0.1) is 0 Å². The molecule has 0 radical (unpaired) electrons. The Labute approximate surface area is 177 Å². The fraction of sp³-hybridized carbons (Fsp3) is 0.375. The summed E-state index contributed by atoms with van der Waals surface area (Å²) in [5.41, 5.74) is 4.10. The van der Waals surface area contributed by atoms with Crippen LogP contribution in [0.15, 0.2) is 42.5 Å². The molecule has 6 heteroatoms. The monoisotopic (exact) mass is 407 g/mol. The lowest BCUT2D eigenvalue weighted by atomic mass is 10.0. The predicted molar refractivity (Wildman–Crippen MR) is 120 cm³/mol. The highest BCUT2D eigenvalue weighted by Gasteiger charge is 2.35. The molecule has 3 amide bonds. The SMILES string of the molecule is CCC(=O)Nc1cccc(NC(=O)[C@@H]2CC(=O)N(c3cccc(C(C)C)c3)C2)c1C. The van der Waals surface area contributed by atoms with Crippen LogP contribution < -0.4 is 15.5 Å². The van der Waals surface area contributed by atoms with Gasteiger partial charge in [-0.1, -0.05) is 39.0 Å². The summed E-state index contributed by atoms with van der Waals surface area (Å²) in [6, 6.07) is 13.3. The molecule has 0 aliphatic carbocycles. The van der Waals surface area contributed by atoms with E-state index in [0.717, 1.165) is 16.8 Å². The van der Waals surface area contributed by atoms with Crippen molar-refractivity contribution < 1.29 is 14.4 Å². The minimum absolute atomic E-state index is 0.0447. The first kappa shape index (κ1) is 21.6. The van der Waals surface area contributed by atoms with E-state index in [1.807, 2.05) is 31.2 Å². The zero-order valence-corrected chi connectivity index (χ0v) is 18.0. The molecule has 3 rings (SSSR count). The number of carbonyl (C=O) groups is 3. The lowest BCUT2D eigenvalue weighted by molar-refractivity contribution is -0.122. The van der Waals surface area contributed by atoms with Crippen molar-refractivity contribution in [2.24, 2.45) is 5.92 Å². The quantitative estimate of drug-likeness (QED) is 0.742. The van der Waals surface area contributed by atoms with E-state index in [-0.39, 0.29) is 24.1 Å². The molecule has 6 nitrogen and oxygen atoms in total. The Morgan fingerprint density at radius 2 is 1.77 bits per heavy atom. The van der Waals surface area contributed by atoms with E-state index in [9.17, 15) is 14.4 Å². The molecule has 0 aromatic heterocycles. The fourth-order valence-corrected chi connectivity index (χ4v) is 3.56. The van der Waals surface area contributed by atoms with Crippen LogP contribution >= 0.6 is 0 Å². The molecular formula is C24H29N3O3. The van der Waals surface area contributed by atoms with Crippen molar-refractivity contribution in [2.45, 2.75) is 46.5 Å². The van der Waals surface area contributed by atoms with Gasteiger partial charge in [0.2, 0.25) is 17.7 Å². The lowest BCUT2D eigenvalue weighted by Crippen LogP contribution is -2.28. The highest BCUT2D eigenvalue weighted by molar-refractivity contribution is 6.04. The smallest absolute Gasteiger partial charge is 0.229 e. The molecule has 1 aliphatic heterocycles. The van der Waals surface area contributed by atoms with Crippen LogP contribution in [0.3, 0.4) is 0 Å². The van der Waals surface area contributed by atoms with E-state index in [2.05, 4.69) is 24.5 Å². The third-order valence-electron chi connectivity index (χ3n) is 5.53. The molecule has 1 fully saturated rings. The fourth-order valence-electron chi connectivity index (χ4n) is 3.56. The second-order valence-corrected chi connectivity index (χ2v) is 8.02. The number of carbonyl (C=O) groups excluding carboxylic acids is 3. The molecule has 1 saturated heterocycles. The number of anilines is 3. The van der Waals surface area contributed by atoms with Crippen LogP contribution in [-0.2, 0) is 14.4 Å². The highest BCUT2D eigenvalue weighted by atomic mass is 16.2. The average Bonchev–Trinajstić information content (AvgIpc) is 3.12. The summed E-state index contributed by atoms with van der Waals surface area (Å²) in [6.45, 7) is 8.22. The molecule has 0 saturated carbocycles. The van der Waals surface area contributed by atoms with Crippen molar-refractivity contribution >= 4 is 34.8 Å². The number of hydrogen-bond acceptors (Lipinski definition) is 3. The van der Waals surface area contributed by atoms with Gasteiger partial charge >= 0.3 is 0 Å². The first-order valence-electron chi connectivity index (χ1n) is 10.4. The van der Waals surface area contributed by atoms with Crippen LogP contribution in [0.2, 0.25) is 0 Å². The first-order chi connectivity index (χ1) is 14.3. The Morgan fingerprint density at radius 3 is 2.43 bits per heavy atom. The Hall–Kier alpha value is -3.15. The molecule has 1 atom stereocenters. The minimum Gasteiger partial charge on any atom is -0.326 e.